The number of nitrogens with zero attached hydrogens (tertiary/aromatic N) is 5. The lowest BCUT2D eigenvalue weighted by Crippen LogP contribution is -2.43. The van der Waals surface area contributed by atoms with E-state index in [-0.39, 0.29) is 17.7 Å². The molecule has 1 aliphatic rings. The molecule has 0 spiro atoms. The van der Waals surface area contributed by atoms with Gasteiger partial charge in [-0.25, -0.2) is 12.7 Å². The Morgan fingerprint density at radius 3 is 2.33 bits per heavy atom. The van der Waals surface area contributed by atoms with Gasteiger partial charge in [0.2, 0.25) is 21.9 Å². The molecule has 9 heteroatoms. The smallest absolute Gasteiger partial charge is 0.229 e. The Morgan fingerprint density at radius 1 is 1.21 bits per heavy atom. The largest absolute Gasteiger partial charge is 0.351 e. The molecule has 1 aromatic heterocycles. The van der Waals surface area contributed by atoms with E-state index in [1.54, 1.807) is 11.2 Å². The third-order valence-corrected chi connectivity index (χ3v) is 5.98. The van der Waals surface area contributed by atoms with Crippen molar-refractivity contribution in [1.82, 2.24) is 19.3 Å². The number of rotatable bonds is 6. The van der Waals surface area contributed by atoms with Gasteiger partial charge in [0.05, 0.1) is 5.75 Å². The van der Waals surface area contributed by atoms with E-state index in [2.05, 4.69) is 20.3 Å². The summed E-state index contributed by atoms with van der Waals surface area (Å²) in [6, 6.07) is 0.172. The van der Waals surface area contributed by atoms with Crippen LogP contribution in [0.25, 0.3) is 0 Å². The number of sulfonamides is 1. The molecule has 0 aromatic carbocycles. The summed E-state index contributed by atoms with van der Waals surface area (Å²) in [6.07, 6.45) is 1.50. The van der Waals surface area contributed by atoms with Gasteiger partial charge >= 0.3 is 0 Å². The van der Waals surface area contributed by atoms with Gasteiger partial charge in [0.15, 0.2) is 0 Å². The maximum atomic E-state index is 11.9. The van der Waals surface area contributed by atoms with Crippen LogP contribution in [0.1, 0.15) is 45.4 Å². The molecule has 1 N–H and O–H groups in total. The zero-order valence-electron chi connectivity index (χ0n) is 15.2. The highest BCUT2D eigenvalue weighted by Crippen LogP contribution is 2.20. The first kappa shape index (κ1) is 18.9. The second-order valence-corrected chi connectivity index (χ2v) is 8.84. The highest BCUT2D eigenvalue weighted by atomic mass is 32.2. The molecule has 1 fully saturated rings. The van der Waals surface area contributed by atoms with Crippen molar-refractivity contribution in [2.75, 3.05) is 43.2 Å². The van der Waals surface area contributed by atoms with Crippen LogP contribution in [0.3, 0.4) is 0 Å². The zero-order chi connectivity index (χ0) is 17.9. The van der Waals surface area contributed by atoms with Crippen molar-refractivity contribution in [1.29, 1.82) is 0 Å². The van der Waals surface area contributed by atoms with Crippen LogP contribution in [-0.4, -0.2) is 66.7 Å². The summed E-state index contributed by atoms with van der Waals surface area (Å²) in [5.74, 6) is 2.31. The van der Waals surface area contributed by atoms with Crippen LogP contribution in [0.5, 0.6) is 0 Å². The Kier molecular flexibility index (Phi) is 5.97. The Balaban J connectivity index is 2.07. The van der Waals surface area contributed by atoms with Gasteiger partial charge in [-0.15, -0.1) is 0 Å². The lowest BCUT2D eigenvalue weighted by Gasteiger charge is -2.31. The average Bonchev–Trinajstić information content (AvgIpc) is 2.55. The molecule has 0 saturated carbocycles. The molecule has 1 saturated heterocycles. The quantitative estimate of drug-likeness (QED) is 0.821. The molecule has 24 heavy (non-hydrogen) atoms. The molecule has 0 atom stereocenters. The summed E-state index contributed by atoms with van der Waals surface area (Å²) in [7, 11) is 0.704. The first-order valence-electron chi connectivity index (χ1n) is 8.40. The van der Waals surface area contributed by atoms with Crippen molar-refractivity contribution in [3.63, 3.8) is 0 Å². The van der Waals surface area contributed by atoms with Gasteiger partial charge in [0.1, 0.15) is 5.82 Å². The minimum absolute atomic E-state index is 0.155. The molecule has 1 aromatic rings. The monoisotopic (exact) mass is 356 g/mol. The van der Waals surface area contributed by atoms with Crippen LogP contribution < -0.4 is 10.2 Å². The summed E-state index contributed by atoms with van der Waals surface area (Å²) in [6.45, 7) is 6.85. The van der Waals surface area contributed by atoms with E-state index in [0.29, 0.717) is 25.0 Å². The highest BCUT2D eigenvalue weighted by Gasteiger charge is 2.27. The second kappa shape index (κ2) is 7.60. The van der Waals surface area contributed by atoms with E-state index in [0.717, 1.165) is 18.7 Å². The summed E-state index contributed by atoms with van der Waals surface area (Å²) >= 11 is 0. The molecule has 8 nitrogen and oxygen atoms in total. The van der Waals surface area contributed by atoms with Crippen molar-refractivity contribution >= 4 is 21.9 Å². The van der Waals surface area contributed by atoms with E-state index in [1.807, 2.05) is 32.8 Å². The first-order chi connectivity index (χ1) is 11.2. The molecule has 2 rings (SSSR count). The number of nitrogens with one attached hydrogen (secondary N) is 1. The number of hydrogen-bond acceptors (Lipinski definition) is 7. The first-order valence-corrected chi connectivity index (χ1v) is 10.0. The lowest BCUT2D eigenvalue weighted by atomic mass is 10.1. The summed E-state index contributed by atoms with van der Waals surface area (Å²) in [4.78, 5) is 15.3. The second-order valence-electron chi connectivity index (χ2n) is 6.58. The molecular formula is C15H28N6O2S. The third-order valence-electron chi connectivity index (χ3n) is 4.10. The van der Waals surface area contributed by atoms with E-state index in [4.69, 9.17) is 0 Å². The van der Waals surface area contributed by atoms with E-state index in [1.165, 1.54) is 0 Å². The van der Waals surface area contributed by atoms with Gasteiger partial charge < -0.3 is 10.2 Å². The molecule has 1 aliphatic heterocycles. The van der Waals surface area contributed by atoms with Crippen molar-refractivity contribution in [3.8, 4) is 0 Å². The Labute approximate surface area is 144 Å². The van der Waals surface area contributed by atoms with Crippen molar-refractivity contribution in [2.24, 2.45) is 0 Å². The SMILES string of the molecule is CCS(=O)(=O)N1CCC(Nc2nc(C(C)C)nc(N(C)C)n2)CC1. The standard InChI is InChI=1S/C15H28N6O2S/c1-6-24(22,23)21-9-7-12(8-10-21)16-14-17-13(11(2)3)18-15(19-14)20(4)5/h11-12H,6-10H2,1-5H3,(H,16,17,18,19). The summed E-state index contributed by atoms with van der Waals surface area (Å²) in [5, 5.41) is 3.35. The third kappa shape index (κ3) is 4.54. The molecule has 0 bridgehead atoms. The van der Waals surface area contributed by atoms with Gasteiger partial charge in [-0.3, -0.25) is 0 Å². The number of hydrogen-bond donors (Lipinski definition) is 1. The van der Waals surface area contributed by atoms with E-state index < -0.39 is 10.0 Å². The van der Waals surface area contributed by atoms with Crippen LogP contribution in [0.15, 0.2) is 0 Å². The van der Waals surface area contributed by atoms with Gasteiger partial charge in [0, 0.05) is 39.1 Å². The van der Waals surface area contributed by atoms with Crippen LogP contribution >= 0.6 is 0 Å². The van der Waals surface area contributed by atoms with Crippen LogP contribution in [0.2, 0.25) is 0 Å². The highest BCUT2D eigenvalue weighted by molar-refractivity contribution is 7.89. The molecule has 136 valence electrons. The van der Waals surface area contributed by atoms with E-state index >= 15 is 0 Å². The van der Waals surface area contributed by atoms with Crippen LogP contribution in [0.4, 0.5) is 11.9 Å². The number of aromatic nitrogens is 3. The van der Waals surface area contributed by atoms with Crippen LogP contribution in [0, 0.1) is 0 Å². The van der Waals surface area contributed by atoms with Gasteiger partial charge in [-0.2, -0.15) is 15.0 Å². The molecule has 0 radical (unpaired) electrons. The van der Waals surface area contributed by atoms with Crippen molar-refractivity contribution < 1.29 is 8.42 Å². The van der Waals surface area contributed by atoms with Crippen molar-refractivity contribution in [3.05, 3.63) is 5.82 Å². The average molecular weight is 356 g/mol. The number of anilines is 2. The molecule has 0 aliphatic carbocycles. The fourth-order valence-electron chi connectivity index (χ4n) is 2.55. The number of piperidine rings is 1. The molecular weight excluding hydrogens is 328 g/mol. The summed E-state index contributed by atoms with van der Waals surface area (Å²) in [5.41, 5.74) is 0. The molecule has 0 unspecified atom stereocenters. The molecule has 2 heterocycles. The van der Waals surface area contributed by atoms with Gasteiger partial charge in [-0.1, -0.05) is 13.8 Å². The fraction of sp³-hybridized carbons (Fsp3) is 0.800. The maximum Gasteiger partial charge on any atom is 0.229 e. The zero-order valence-corrected chi connectivity index (χ0v) is 16.0. The van der Waals surface area contributed by atoms with E-state index in [9.17, 15) is 8.42 Å². The normalized spacial score (nSPS) is 17.2. The van der Waals surface area contributed by atoms with Gasteiger partial charge in [0.25, 0.3) is 0 Å². The lowest BCUT2D eigenvalue weighted by molar-refractivity contribution is 0.329. The Bertz CT molecular complexity index is 628. The Morgan fingerprint density at radius 2 is 1.83 bits per heavy atom. The Hall–Kier alpha value is -1.48. The fourth-order valence-corrected chi connectivity index (χ4v) is 3.68. The minimum Gasteiger partial charge on any atom is -0.351 e. The van der Waals surface area contributed by atoms with Gasteiger partial charge in [-0.05, 0) is 19.8 Å². The predicted octanol–water partition coefficient (Wildman–Crippen LogP) is 1.29. The predicted molar refractivity (Wildman–Crippen MR) is 95.9 cm³/mol. The van der Waals surface area contributed by atoms with Crippen molar-refractivity contribution in [2.45, 2.75) is 45.6 Å². The summed E-state index contributed by atoms with van der Waals surface area (Å²) < 4.78 is 25.4. The maximum absolute atomic E-state index is 11.9. The molecule has 0 amide bonds. The minimum atomic E-state index is -3.10. The topological polar surface area (TPSA) is 91.3 Å². The van der Waals surface area contributed by atoms with Crippen LogP contribution in [-0.2, 0) is 10.0 Å².